The van der Waals surface area contributed by atoms with Gasteiger partial charge in [-0.15, -0.1) is 0 Å². The quantitative estimate of drug-likeness (QED) is 0.813. The van der Waals surface area contributed by atoms with Gasteiger partial charge in [0.05, 0.1) is 0 Å². The Morgan fingerprint density at radius 3 is 2.43 bits per heavy atom. The topological polar surface area (TPSA) is 46.5 Å². The molecule has 0 amide bonds. The Balaban J connectivity index is 2.15. The minimum atomic E-state index is -1.03. The Morgan fingerprint density at radius 2 is 1.76 bits per heavy atom. The van der Waals surface area contributed by atoms with Crippen molar-refractivity contribution in [3.05, 3.63) is 69.7 Å². The van der Waals surface area contributed by atoms with Gasteiger partial charge in [-0.2, -0.15) is 0 Å². The van der Waals surface area contributed by atoms with Gasteiger partial charge in [0.15, 0.2) is 0 Å². The molecule has 0 heterocycles. The minimum Gasteiger partial charge on any atom is -0.488 e. The molecule has 1 N–H and O–H groups in total. The molecule has 0 unspecified atom stereocenters. The molecule has 3 nitrogen and oxygen atoms in total. The van der Waals surface area contributed by atoms with Crippen LogP contribution >= 0.6 is 23.2 Å². The molecule has 0 aromatic heterocycles. The number of aliphatic carboxylic acids is 1. The fraction of sp³-hybridized carbons (Fsp3) is 0.0625. The Kier molecular flexibility index (Phi) is 5.26. The van der Waals surface area contributed by atoms with Crippen LogP contribution in [0, 0.1) is 0 Å². The molecule has 0 aliphatic rings. The SMILES string of the molecule is O=C(O)C=Cc1cc(Cl)ccc1OCc1ccc(Cl)cc1. The summed E-state index contributed by atoms with van der Waals surface area (Å²) in [7, 11) is 0. The van der Waals surface area contributed by atoms with Crippen molar-refractivity contribution in [2.24, 2.45) is 0 Å². The van der Waals surface area contributed by atoms with Crippen molar-refractivity contribution in [3.8, 4) is 5.75 Å². The third-order valence-electron chi connectivity index (χ3n) is 2.68. The fourth-order valence-electron chi connectivity index (χ4n) is 1.68. The number of rotatable bonds is 5. The summed E-state index contributed by atoms with van der Waals surface area (Å²) < 4.78 is 5.70. The average Bonchev–Trinajstić information content (AvgIpc) is 2.45. The normalized spacial score (nSPS) is 10.8. The number of carbonyl (C=O) groups is 1. The highest BCUT2D eigenvalue weighted by molar-refractivity contribution is 6.31. The highest BCUT2D eigenvalue weighted by atomic mass is 35.5. The van der Waals surface area contributed by atoms with Gasteiger partial charge >= 0.3 is 5.97 Å². The molecule has 2 aromatic carbocycles. The van der Waals surface area contributed by atoms with E-state index in [4.69, 9.17) is 33.0 Å². The van der Waals surface area contributed by atoms with Crippen molar-refractivity contribution in [2.45, 2.75) is 6.61 Å². The summed E-state index contributed by atoms with van der Waals surface area (Å²) >= 11 is 11.7. The number of carboxylic acids is 1. The second kappa shape index (κ2) is 7.16. The molecule has 0 spiro atoms. The lowest BCUT2D eigenvalue weighted by Gasteiger charge is -2.10. The van der Waals surface area contributed by atoms with E-state index in [-0.39, 0.29) is 0 Å². The van der Waals surface area contributed by atoms with Crippen LogP contribution in [-0.2, 0) is 11.4 Å². The molecule has 0 saturated carbocycles. The first-order valence-electron chi connectivity index (χ1n) is 6.12. The maximum absolute atomic E-state index is 10.6. The standard InChI is InChI=1S/C16H12Cl2O3/c17-13-4-1-11(2-5-13)10-21-15-7-6-14(18)9-12(15)3-8-16(19)20/h1-9H,10H2,(H,19,20). The molecule has 0 radical (unpaired) electrons. The van der Waals surface area contributed by atoms with Crippen LogP contribution in [0.4, 0.5) is 0 Å². The van der Waals surface area contributed by atoms with E-state index in [1.807, 2.05) is 12.1 Å². The van der Waals surface area contributed by atoms with Gasteiger partial charge in [0.2, 0.25) is 0 Å². The van der Waals surface area contributed by atoms with Crippen LogP contribution in [0.3, 0.4) is 0 Å². The van der Waals surface area contributed by atoms with Crippen LogP contribution in [0.2, 0.25) is 10.0 Å². The van der Waals surface area contributed by atoms with Crippen LogP contribution in [0.1, 0.15) is 11.1 Å². The molecule has 0 saturated heterocycles. The molecule has 5 heteroatoms. The minimum absolute atomic E-state index is 0.354. The Morgan fingerprint density at radius 1 is 1.10 bits per heavy atom. The van der Waals surface area contributed by atoms with Gasteiger partial charge in [-0.25, -0.2) is 4.79 Å². The number of hydrogen-bond donors (Lipinski definition) is 1. The second-order valence-electron chi connectivity index (χ2n) is 4.27. The van der Waals surface area contributed by atoms with E-state index < -0.39 is 5.97 Å². The van der Waals surface area contributed by atoms with E-state index in [9.17, 15) is 4.79 Å². The van der Waals surface area contributed by atoms with E-state index in [1.54, 1.807) is 30.3 Å². The van der Waals surface area contributed by atoms with Crippen molar-refractivity contribution in [3.63, 3.8) is 0 Å². The highest BCUT2D eigenvalue weighted by Gasteiger charge is 2.04. The van der Waals surface area contributed by atoms with Crippen molar-refractivity contribution in [1.82, 2.24) is 0 Å². The van der Waals surface area contributed by atoms with Gasteiger partial charge < -0.3 is 9.84 Å². The molecule has 21 heavy (non-hydrogen) atoms. The number of benzene rings is 2. The maximum Gasteiger partial charge on any atom is 0.328 e. The lowest BCUT2D eigenvalue weighted by molar-refractivity contribution is -0.131. The van der Waals surface area contributed by atoms with E-state index in [1.165, 1.54) is 6.08 Å². The van der Waals surface area contributed by atoms with Gasteiger partial charge in [0.1, 0.15) is 12.4 Å². The number of ether oxygens (including phenoxy) is 1. The van der Waals surface area contributed by atoms with Gasteiger partial charge in [0, 0.05) is 21.7 Å². The molecule has 2 aromatic rings. The third-order valence-corrected chi connectivity index (χ3v) is 3.17. The van der Waals surface area contributed by atoms with Crippen molar-refractivity contribution in [1.29, 1.82) is 0 Å². The van der Waals surface area contributed by atoms with Crippen LogP contribution in [0.15, 0.2) is 48.5 Å². The lowest BCUT2D eigenvalue weighted by atomic mass is 10.2. The largest absolute Gasteiger partial charge is 0.488 e. The van der Waals surface area contributed by atoms with Crippen LogP contribution < -0.4 is 4.74 Å². The number of carboxylic acid groups (broad SMARTS) is 1. The van der Waals surface area contributed by atoms with Gasteiger partial charge in [-0.3, -0.25) is 0 Å². The first kappa shape index (κ1) is 15.4. The molecule has 0 atom stereocenters. The summed E-state index contributed by atoms with van der Waals surface area (Å²) in [5.41, 5.74) is 1.57. The monoisotopic (exact) mass is 322 g/mol. The maximum atomic E-state index is 10.6. The average molecular weight is 323 g/mol. The smallest absolute Gasteiger partial charge is 0.328 e. The Hall–Kier alpha value is -1.97. The molecule has 0 fully saturated rings. The fourth-order valence-corrected chi connectivity index (χ4v) is 1.99. The van der Waals surface area contributed by atoms with Gasteiger partial charge in [-0.05, 0) is 42.0 Å². The van der Waals surface area contributed by atoms with Crippen LogP contribution in [-0.4, -0.2) is 11.1 Å². The zero-order valence-electron chi connectivity index (χ0n) is 10.9. The Labute approximate surface area is 132 Å². The molecule has 0 aliphatic heterocycles. The van der Waals surface area contributed by atoms with Gasteiger partial charge in [0.25, 0.3) is 0 Å². The number of hydrogen-bond acceptors (Lipinski definition) is 2. The molecule has 108 valence electrons. The zero-order chi connectivity index (χ0) is 15.2. The summed E-state index contributed by atoms with van der Waals surface area (Å²) in [5, 5.41) is 9.87. The van der Waals surface area contributed by atoms with E-state index in [0.717, 1.165) is 11.6 Å². The van der Waals surface area contributed by atoms with Crippen molar-refractivity contribution in [2.75, 3.05) is 0 Å². The van der Waals surface area contributed by atoms with E-state index in [2.05, 4.69) is 0 Å². The molecular formula is C16H12Cl2O3. The lowest BCUT2D eigenvalue weighted by Crippen LogP contribution is -1.97. The first-order valence-corrected chi connectivity index (χ1v) is 6.88. The van der Waals surface area contributed by atoms with Crippen LogP contribution in [0.25, 0.3) is 6.08 Å². The Bertz CT molecular complexity index is 664. The predicted octanol–water partition coefficient (Wildman–Crippen LogP) is 4.67. The summed E-state index contributed by atoms with van der Waals surface area (Å²) in [5.74, 6) is -0.467. The van der Waals surface area contributed by atoms with E-state index in [0.29, 0.717) is 28.0 Å². The number of halogens is 2. The summed E-state index contributed by atoms with van der Waals surface area (Å²) in [6, 6.07) is 12.4. The van der Waals surface area contributed by atoms with Crippen molar-refractivity contribution >= 4 is 35.2 Å². The zero-order valence-corrected chi connectivity index (χ0v) is 12.4. The predicted molar refractivity (Wildman–Crippen MR) is 83.9 cm³/mol. The molecule has 2 rings (SSSR count). The molecular weight excluding hydrogens is 311 g/mol. The second-order valence-corrected chi connectivity index (χ2v) is 5.14. The molecule has 0 bridgehead atoms. The van der Waals surface area contributed by atoms with Gasteiger partial charge in [-0.1, -0.05) is 35.3 Å². The summed E-state index contributed by atoms with van der Waals surface area (Å²) in [4.78, 5) is 10.6. The summed E-state index contributed by atoms with van der Waals surface area (Å²) in [6.45, 7) is 0.354. The molecule has 0 aliphatic carbocycles. The highest BCUT2D eigenvalue weighted by Crippen LogP contribution is 2.25. The van der Waals surface area contributed by atoms with Crippen LogP contribution in [0.5, 0.6) is 5.75 Å². The third kappa shape index (κ3) is 4.81. The first-order chi connectivity index (χ1) is 10.0. The van der Waals surface area contributed by atoms with Crippen molar-refractivity contribution < 1.29 is 14.6 Å². The summed E-state index contributed by atoms with van der Waals surface area (Å²) in [6.07, 6.45) is 2.49. The van der Waals surface area contributed by atoms with E-state index >= 15 is 0 Å².